The van der Waals surface area contributed by atoms with Gasteiger partial charge in [-0.1, -0.05) is 6.42 Å². The zero-order valence-corrected chi connectivity index (χ0v) is 18.0. The lowest BCUT2D eigenvalue weighted by atomic mass is 10.1. The number of carboxylic acids is 1. The van der Waals surface area contributed by atoms with E-state index in [0.717, 1.165) is 19.3 Å². The normalized spacial score (nSPS) is 14.8. The molecule has 1 aliphatic heterocycles. The lowest BCUT2D eigenvalue weighted by Crippen LogP contribution is -2.35. The molecule has 0 bridgehead atoms. The molecule has 1 fully saturated rings. The number of phenolic OH excluding ortho intramolecular Hbond substituents is 1. The van der Waals surface area contributed by atoms with Crippen molar-refractivity contribution in [3.05, 3.63) is 41.5 Å². The van der Waals surface area contributed by atoms with Crippen LogP contribution in [0.3, 0.4) is 0 Å². The van der Waals surface area contributed by atoms with Crippen molar-refractivity contribution in [2.45, 2.75) is 38.0 Å². The molecule has 10 heteroatoms. The predicted molar refractivity (Wildman–Crippen MR) is 113 cm³/mol. The van der Waals surface area contributed by atoms with Crippen molar-refractivity contribution in [3.63, 3.8) is 0 Å². The molecule has 0 aliphatic carbocycles. The molecule has 0 atom stereocenters. The van der Waals surface area contributed by atoms with Gasteiger partial charge in [0.05, 0.1) is 0 Å². The molecule has 0 aromatic heterocycles. The molecule has 166 valence electrons. The number of phenols is 1. The smallest absolute Gasteiger partial charge is 0.394 e. The van der Waals surface area contributed by atoms with Crippen LogP contribution in [0.25, 0.3) is 0 Å². The fourth-order valence-electron chi connectivity index (χ4n) is 3.49. The SMILES string of the molecule is Cc1cc(NC(=O)C(=O)O)cc(C)c1Oc1ccc(O)c(S(=O)(=O)N2CCCCC2)c1. The van der Waals surface area contributed by atoms with Gasteiger partial charge >= 0.3 is 11.9 Å². The van der Waals surface area contributed by atoms with Crippen molar-refractivity contribution < 1.29 is 33.0 Å². The third-order valence-corrected chi connectivity index (χ3v) is 6.92. The number of amides is 1. The molecule has 1 heterocycles. The first-order chi connectivity index (χ1) is 14.6. The monoisotopic (exact) mass is 448 g/mol. The Bertz CT molecular complexity index is 1100. The van der Waals surface area contributed by atoms with Crippen molar-refractivity contribution in [1.82, 2.24) is 4.31 Å². The van der Waals surface area contributed by atoms with Crippen molar-refractivity contribution in [1.29, 1.82) is 0 Å². The third kappa shape index (κ3) is 4.97. The van der Waals surface area contributed by atoms with Gasteiger partial charge in [0.1, 0.15) is 22.1 Å². The van der Waals surface area contributed by atoms with Gasteiger partial charge in [0.2, 0.25) is 10.0 Å². The van der Waals surface area contributed by atoms with E-state index in [2.05, 4.69) is 5.32 Å². The Morgan fingerprint density at radius 3 is 2.23 bits per heavy atom. The van der Waals surface area contributed by atoms with Gasteiger partial charge < -0.3 is 20.3 Å². The van der Waals surface area contributed by atoms with Gasteiger partial charge in [0.15, 0.2) is 0 Å². The average Bonchev–Trinajstić information content (AvgIpc) is 2.72. The highest BCUT2D eigenvalue weighted by Gasteiger charge is 2.29. The van der Waals surface area contributed by atoms with Gasteiger partial charge in [-0.05, 0) is 62.1 Å². The van der Waals surface area contributed by atoms with Crippen LogP contribution in [0.4, 0.5) is 5.69 Å². The molecular formula is C21H24N2O7S. The minimum absolute atomic E-state index is 0.215. The summed E-state index contributed by atoms with van der Waals surface area (Å²) in [5.41, 5.74) is 1.51. The second kappa shape index (κ2) is 8.94. The molecule has 1 amide bonds. The van der Waals surface area contributed by atoms with Crippen LogP contribution >= 0.6 is 0 Å². The summed E-state index contributed by atoms with van der Waals surface area (Å²) in [5, 5.41) is 21.2. The molecule has 2 aromatic rings. The second-order valence-corrected chi connectivity index (χ2v) is 9.30. The maximum Gasteiger partial charge on any atom is 0.394 e. The quantitative estimate of drug-likeness (QED) is 0.599. The largest absolute Gasteiger partial charge is 0.507 e. The summed E-state index contributed by atoms with van der Waals surface area (Å²) >= 11 is 0. The number of aromatic hydroxyl groups is 1. The van der Waals surface area contributed by atoms with E-state index < -0.39 is 21.9 Å². The summed E-state index contributed by atoms with van der Waals surface area (Å²) in [6.07, 6.45) is 2.53. The van der Waals surface area contributed by atoms with E-state index in [-0.39, 0.29) is 16.4 Å². The fourth-order valence-corrected chi connectivity index (χ4v) is 5.11. The molecule has 3 N–H and O–H groups in total. The average molecular weight is 448 g/mol. The van der Waals surface area contributed by atoms with Crippen LogP contribution in [0.2, 0.25) is 0 Å². The number of nitrogens with one attached hydrogen (secondary N) is 1. The molecule has 2 aromatic carbocycles. The van der Waals surface area contributed by atoms with Crippen LogP contribution < -0.4 is 10.1 Å². The van der Waals surface area contributed by atoms with E-state index in [1.165, 1.54) is 22.5 Å². The number of aliphatic carboxylic acids is 1. The van der Waals surface area contributed by atoms with E-state index in [9.17, 15) is 23.1 Å². The zero-order valence-electron chi connectivity index (χ0n) is 17.2. The van der Waals surface area contributed by atoms with Gasteiger partial charge in [-0.3, -0.25) is 4.79 Å². The standard InChI is InChI=1S/C21H24N2O7S/c1-13-10-15(22-20(25)21(26)27)11-14(2)19(13)30-16-6-7-17(24)18(12-16)31(28,29)23-8-4-3-5-9-23/h6-7,10-12,24H,3-5,8-9H2,1-2H3,(H,22,25)(H,26,27). The van der Waals surface area contributed by atoms with Gasteiger partial charge in [0, 0.05) is 24.8 Å². The lowest BCUT2D eigenvalue weighted by molar-refractivity contribution is -0.147. The highest BCUT2D eigenvalue weighted by Crippen LogP contribution is 2.36. The highest BCUT2D eigenvalue weighted by atomic mass is 32.2. The molecule has 0 radical (unpaired) electrons. The predicted octanol–water partition coefficient (Wildman–Crippen LogP) is 3.00. The lowest BCUT2D eigenvalue weighted by Gasteiger charge is -2.26. The fraction of sp³-hybridized carbons (Fsp3) is 0.333. The first kappa shape index (κ1) is 22.6. The minimum Gasteiger partial charge on any atom is -0.507 e. The maximum absolute atomic E-state index is 13.0. The number of benzene rings is 2. The van der Waals surface area contributed by atoms with Crippen molar-refractivity contribution in [2.24, 2.45) is 0 Å². The van der Waals surface area contributed by atoms with Crippen LogP contribution in [0.15, 0.2) is 35.2 Å². The Labute approximate surface area is 180 Å². The number of sulfonamides is 1. The second-order valence-electron chi connectivity index (χ2n) is 7.39. The summed E-state index contributed by atoms with van der Waals surface area (Å²) < 4.78 is 33.2. The Hall–Kier alpha value is -3.11. The Kier molecular flexibility index (Phi) is 6.51. The summed E-state index contributed by atoms with van der Waals surface area (Å²) in [5.74, 6) is -2.44. The number of piperidine rings is 1. The number of nitrogens with zero attached hydrogens (tertiary/aromatic N) is 1. The number of hydrogen-bond donors (Lipinski definition) is 3. The molecule has 0 spiro atoms. The number of ether oxygens (including phenoxy) is 1. The Balaban J connectivity index is 1.89. The highest BCUT2D eigenvalue weighted by molar-refractivity contribution is 7.89. The minimum atomic E-state index is -3.86. The van der Waals surface area contributed by atoms with E-state index in [4.69, 9.17) is 9.84 Å². The zero-order chi connectivity index (χ0) is 22.8. The van der Waals surface area contributed by atoms with Crippen molar-refractivity contribution >= 4 is 27.6 Å². The molecule has 0 saturated carbocycles. The summed E-state index contributed by atoms with van der Waals surface area (Å²) in [7, 11) is -3.86. The number of carbonyl (C=O) groups excluding carboxylic acids is 1. The van der Waals surface area contributed by atoms with Crippen LogP contribution in [0.1, 0.15) is 30.4 Å². The van der Waals surface area contributed by atoms with Crippen molar-refractivity contribution in [2.75, 3.05) is 18.4 Å². The number of hydrogen-bond acceptors (Lipinski definition) is 6. The van der Waals surface area contributed by atoms with Gasteiger partial charge in [-0.15, -0.1) is 0 Å². The number of anilines is 1. The topological polar surface area (TPSA) is 133 Å². The maximum atomic E-state index is 13.0. The van der Waals surface area contributed by atoms with Crippen LogP contribution in [-0.2, 0) is 19.6 Å². The van der Waals surface area contributed by atoms with E-state index >= 15 is 0 Å². The molecular weight excluding hydrogens is 424 g/mol. The molecule has 3 rings (SSSR count). The van der Waals surface area contributed by atoms with E-state index in [0.29, 0.717) is 35.7 Å². The van der Waals surface area contributed by atoms with Crippen LogP contribution in [-0.4, -0.2) is 47.9 Å². The van der Waals surface area contributed by atoms with Crippen molar-refractivity contribution in [3.8, 4) is 17.2 Å². The summed E-state index contributed by atoms with van der Waals surface area (Å²) in [6.45, 7) is 4.25. The molecule has 9 nitrogen and oxygen atoms in total. The van der Waals surface area contributed by atoms with E-state index in [1.54, 1.807) is 26.0 Å². The van der Waals surface area contributed by atoms with Crippen LogP contribution in [0.5, 0.6) is 17.2 Å². The van der Waals surface area contributed by atoms with Crippen LogP contribution in [0, 0.1) is 13.8 Å². The molecule has 31 heavy (non-hydrogen) atoms. The Morgan fingerprint density at radius 2 is 1.65 bits per heavy atom. The number of carbonyl (C=O) groups is 2. The van der Waals surface area contributed by atoms with Gasteiger partial charge in [-0.2, -0.15) is 4.31 Å². The first-order valence-electron chi connectivity index (χ1n) is 9.76. The summed E-state index contributed by atoms with van der Waals surface area (Å²) in [4.78, 5) is 21.9. The Morgan fingerprint density at radius 1 is 1.03 bits per heavy atom. The molecule has 1 aliphatic rings. The first-order valence-corrected chi connectivity index (χ1v) is 11.2. The number of carboxylic acid groups (broad SMARTS) is 1. The number of rotatable bonds is 5. The van der Waals surface area contributed by atoms with E-state index in [1.807, 2.05) is 0 Å². The molecule has 0 unspecified atom stereocenters. The number of aryl methyl sites for hydroxylation is 2. The molecule has 1 saturated heterocycles. The van der Waals surface area contributed by atoms with Gasteiger partial charge in [-0.25, -0.2) is 13.2 Å². The summed E-state index contributed by atoms with van der Waals surface area (Å²) in [6, 6.07) is 7.13. The van der Waals surface area contributed by atoms with Gasteiger partial charge in [0.25, 0.3) is 0 Å². The third-order valence-electron chi connectivity index (χ3n) is 5.00.